The fourth-order valence-corrected chi connectivity index (χ4v) is 2.43. The second-order valence-electron chi connectivity index (χ2n) is 5.01. The van der Waals surface area contributed by atoms with Gasteiger partial charge in [-0.25, -0.2) is 0 Å². The maximum atomic E-state index is 12.5. The lowest BCUT2D eigenvalue weighted by molar-refractivity contribution is -0.157. The second-order valence-corrected chi connectivity index (χ2v) is 5.01. The van der Waals surface area contributed by atoms with Gasteiger partial charge in [0.25, 0.3) is 5.91 Å². The average Bonchev–Trinajstić information content (AvgIpc) is 3.17. The Morgan fingerprint density at radius 3 is 2.82 bits per heavy atom. The lowest BCUT2D eigenvalue weighted by atomic mass is 9.98. The van der Waals surface area contributed by atoms with Gasteiger partial charge in [-0.2, -0.15) is 13.2 Å². The highest BCUT2D eigenvalue weighted by molar-refractivity contribution is 5.91. The topological polar surface area (TPSA) is 72.4 Å². The highest BCUT2D eigenvalue weighted by Crippen LogP contribution is 2.32. The van der Waals surface area contributed by atoms with Crippen LogP contribution < -0.4 is 0 Å². The summed E-state index contributed by atoms with van der Waals surface area (Å²) in [5.41, 5.74) is 0. The highest BCUT2D eigenvalue weighted by Gasteiger charge is 2.39. The van der Waals surface area contributed by atoms with Crippen LogP contribution in [-0.4, -0.2) is 34.1 Å². The number of halogens is 3. The molecule has 0 aromatic carbocycles. The third-order valence-electron chi connectivity index (χ3n) is 3.47. The molecule has 1 aliphatic heterocycles. The zero-order valence-electron chi connectivity index (χ0n) is 11.3. The van der Waals surface area contributed by atoms with Gasteiger partial charge in [0.05, 0.1) is 12.2 Å². The maximum Gasteiger partial charge on any atom is 0.470 e. The van der Waals surface area contributed by atoms with Crippen LogP contribution in [0.25, 0.3) is 0 Å². The summed E-state index contributed by atoms with van der Waals surface area (Å²) < 4.78 is 47.2. The molecule has 1 fully saturated rings. The minimum Gasteiger partial charge on any atom is -0.459 e. The Balaban J connectivity index is 1.73. The summed E-state index contributed by atoms with van der Waals surface area (Å²) in [6, 6.07) is 3.14. The van der Waals surface area contributed by atoms with Crippen molar-refractivity contribution in [3.05, 3.63) is 35.9 Å². The van der Waals surface area contributed by atoms with E-state index in [2.05, 4.69) is 10.2 Å². The van der Waals surface area contributed by atoms with Crippen LogP contribution in [0.4, 0.5) is 13.2 Å². The van der Waals surface area contributed by atoms with Gasteiger partial charge < -0.3 is 13.7 Å². The number of alkyl halides is 3. The average molecular weight is 315 g/mol. The summed E-state index contributed by atoms with van der Waals surface area (Å²) in [6.07, 6.45) is -2.05. The number of nitrogens with zero attached hydrogens (tertiary/aromatic N) is 3. The molecule has 9 heteroatoms. The molecule has 1 saturated heterocycles. The van der Waals surface area contributed by atoms with Gasteiger partial charge in [-0.15, -0.1) is 10.2 Å². The minimum atomic E-state index is -4.66. The van der Waals surface area contributed by atoms with Gasteiger partial charge >= 0.3 is 12.1 Å². The summed E-state index contributed by atoms with van der Waals surface area (Å²) in [5, 5.41) is 6.48. The van der Waals surface area contributed by atoms with Crippen molar-refractivity contribution < 1.29 is 26.8 Å². The Kier molecular flexibility index (Phi) is 3.63. The molecule has 0 bridgehead atoms. The van der Waals surface area contributed by atoms with Crippen LogP contribution in [0, 0.1) is 0 Å². The summed E-state index contributed by atoms with van der Waals surface area (Å²) in [5.74, 6) is -1.97. The summed E-state index contributed by atoms with van der Waals surface area (Å²) in [7, 11) is 0. The van der Waals surface area contributed by atoms with Gasteiger partial charge in [0, 0.05) is 13.1 Å². The van der Waals surface area contributed by atoms with Crippen molar-refractivity contribution in [2.45, 2.75) is 24.9 Å². The zero-order valence-corrected chi connectivity index (χ0v) is 11.3. The molecule has 118 valence electrons. The zero-order chi connectivity index (χ0) is 15.7. The monoisotopic (exact) mass is 315 g/mol. The molecular formula is C13H12F3N3O3. The fraction of sp³-hybridized carbons (Fsp3) is 0.462. The predicted octanol–water partition coefficient (Wildman–Crippen LogP) is 2.70. The van der Waals surface area contributed by atoms with E-state index in [1.54, 1.807) is 12.1 Å². The molecule has 1 unspecified atom stereocenters. The van der Waals surface area contributed by atoms with Crippen molar-refractivity contribution in [1.29, 1.82) is 0 Å². The van der Waals surface area contributed by atoms with Crippen LogP contribution in [0.15, 0.2) is 27.2 Å². The van der Waals surface area contributed by atoms with E-state index in [1.807, 2.05) is 0 Å². The van der Waals surface area contributed by atoms with Crippen molar-refractivity contribution in [1.82, 2.24) is 15.1 Å². The van der Waals surface area contributed by atoms with E-state index in [0.29, 0.717) is 19.4 Å². The standard InChI is InChI=1S/C13H12F3N3O3/c14-13(15,16)12-18-17-10(22-12)8-3-1-5-19(7-8)11(20)9-4-2-6-21-9/h2,4,6,8H,1,3,5,7H2. The fourth-order valence-electron chi connectivity index (χ4n) is 2.43. The van der Waals surface area contributed by atoms with E-state index in [9.17, 15) is 18.0 Å². The quantitative estimate of drug-likeness (QED) is 0.852. The summed E-state index contributed by atoms with van der Waals surface area (Å²) in [6.45, 7) is 0.731. The number of carbonyl (C=O) groups excluding carboxylic acids is 1. The molecule has 0 spiro atoms. The second kappa shape index (κ2) is 5.47. The molecule has 0 saturated carbocycles. The van der Waals surface area contributed by atoms with Crippen molar-refractivity contribution in [3.8, 4) is 0 Å². The largest absolute Gasteiger partial charge is 0.470 e. The van der Waals surface area contributed by atoms with Crippen molar-refractivity contribution in [2.24, 2.45) is 0 Å². The van der Waals surface area contributed by atoms with Crippen molar-refractivity contribution in [2.75, 3.05) is 13.1 Å². The Hall–Kier alpha value is -2.32. The number of likely N-dealkylation sites (tertiary alicyclic amines) is 1. The minimum absolute atomic E-state index is 0.0933. The number of amides is 1. The molecule has 2 aromatic heterocycles. The Morgan fingerprint density at radius 2 is 2.18 bits per heavy atom. The van der Waals surface area contributed by atoms with Crippen LogP contribution in [-0.2, 0) is 6.18 Å². The molecule has 1 amide bonds. The normalized spacial score (nSPS) is 19.4. The molecule has 22 heavy (non-hydrogen) atoms. The number of furan rings is 1. The van der Waals surface area contributed by atoms with Crippen LogP contribution in [0.5, 0.6) is 0 Å². The summed E-state index contributed by atoms with van der Waals surface area (Å²) >= 11 is 0. The van der Waals surface area contributed by atoms with Crippen LogP contribution in [0.1, 0.15) is 41.1 Å². The number of piperidine rings is 1. The van der Waals surface area contributed by atoms with Crippen molar-refractivity contribution >= 4 is 5.91 Å². The van der Waals surface area contributed by atoms with Crippen LogP contribution >= 0.6 is 0 Å². The van der Waals surface area contributed by atoms with Crippen molar-refractivity contribution in [3.63, 3.8) is 0 Å². The Morgan fingerprint density at radius 1 is 1.36 bits per heavy atom. The molecule has 2 aromatic rings. The third-order valence-corrected chi connectivity index (χ3v) is 3.47. The smallest absolute Gasteiger partial charge is 0.459 e. The molecule has 0 radical (unpaired) electrons. The SMILES string of the molecule is O=C(c1ccco1)N1CCCC(c2nnc(C(F)(F)F)o2)C1. The molecule has 3 heterocycles. The number of carbonyl (C=O) groups is 1. The third kappa shape index (κ3) is 2.83. The van der Waals surface area contributed by atoms with E-state index in [0.717, 1.165) is 0 Å². The first-order chi connectivity index (χ1) is 10.4. The van der Waals surface area contributed by atoms with Crippen LogP contribution in [0.2, 0.25) is 0 Å². The highest BCUT2D eigenvalue weighted by atomic mass is 19.4. The summed E-state index contributed by atoms with van der Waals surface area (Å²) in [4.78, 5) is 13.7. The number of hydrogen-bond donors (Lipinski definition) is 0. The first-order valence-corrected chi connectivity index (χ1v) is 6.68. The molecule has 0 N–H and O–H groups in total. The Labute approximate surface area is 122 Å². The van der Waals surface area contributed by atoms with Gasteiger partial charge in [-0.1, -0.05) is 0 Å². The maximum absolute atomic E-state index is 12.5. The van der Waals surface area contributed by atoms with E-state index in [1.165, 1.54) is 11.2 Å². The van der Waals surface area contributed by atoms with E-state index >= 15 is 0 Å². The van der Waals surface area contributed by atoms with E-state index in [-0.39, 0.29) is 24.1 Å². The number of hydrogen-bond acceptors (Lipinski definition) is 5. The van der Waals surface area contributed by atoms with Crippen LogP contribution in [0.3, 0.4) is 0 Å². The molecule has 6 nitrogen and oxygen atoms in total. The van der Waals surface area contributed by atoms with Gasteiger partial charge in [0.15, 0.2) is 5.76 Å². The first kappa shape index (κ1) is 14.6. The lowest BCUT2D eigenvalue weighted by Crippen LogP contribution is -2.39. The van der Waals surface area contributed by atoms with E-state index < -0.39 is 18.0 Å². The molecule has 1 atom stereocenters. The molecule has 1 aliphatic rings. The van der Waals surface area contributed by atoms with Gasteiger partial charge in [0.2, 0.25) is 5.89 Å². The Bertz CT molecular complexity index is 651. The molecule has 0 aliphatic carbocycles. The van der Waals surface area contributed by atoms with E-state index in [4.69, 9.17) is 8.83 Å². The van der Waals surface area contributed by atoms with Gasteiger partial charge in [-0.05, 0) is 25.0 Å². The lowest BCUT2D eigenvalue weighted by Gasteiger charge is -2.30. The predicted molar refractivity (Wildman–Crippen MR) is 65.9 cm³/mol. The van der Waals surface area contributed by atoms with Gasteiger partial charge in [0.1, 0.15) is 0 Å². The number of rotatable bonds is 2. The number of aromatic nitrogens is 2. The molecule has 3 rings (SSSR count). The first-order valence-electron chi connectivity index (χ1n) is 6.68. The molecular weight excluding hydrogens is 303 g/mol. The van der Waals surface area contributed by atoms with Gasteiger partial charge in [-0.3, -0.25) is 4.79 Å².